The lowest BCUT2D eigenvalue weighted by Crippen LogP contribution is -2.36. The van der Waals surface area contributed by atoms with E-state index in [4.69, 9.17) is 4.74 Å². The lowest BCUT2D eigenvalue weighted by atomic mass is 10.0. The zero-order valence-corrected chi connectivity index (χ0v) is 17.6. The SMILES string of the molecule is COc1ccc(NC(=O)c2nnc(C(=O)NCCCN3CCC[C@@H](C)C3)s2)cc1. The largest absolute Gasteiger partial charge is 0.497 e. The second kappa shape index (κ2) is 10.3. The number of hydrogen-bond acceptors (Lipinski definition) is 7. The van der Waals surface area contributed by atoms with Crippen molar-refractivity contribution >= 4 is 28.8 Å². The van der Waals surface area contributed by atoms with Crippen molar-refractivity contribution in [1.29, 1.82) is 0 Å². The summed E-state index contributed by atoms with van der Waals surface area (Å²) in [6.45, 7) is 6.12. The third-order valence-electron chi connectivity index (χ3n) is 4.84. The number of piperidine rings is 1. The van der Waals surface area contributed by atoms with E-state index in [-0.39, 0.29) is 15.9 Å². The average Bonchev–Trinajstić information content (AvgIpc) is 3.22. The number of likely N-dealkylation sites (tertiary alicyclic amines) is 1. The maximum atomic E-state index is 12.3. The molecule has 0 unspecified atom stereocenters. The van der Waals surface area contributed by atoms with Crippen molar-refractivity contribution in [2.45, 2.75) is 26.2 Å². The minimum absolute atomic E-state index is 0.147. The standard InChI is InChI=1S/C20H27N5O3S/c1-14-5-3-11-25(13-14)12-4-10-21-17(26)19-23-24-20(29-19)18(27)22-15-6-8-16(28-2)9-7-15/h6-9,14H,3-5,10-13H2,1-2H3,(H,21,26)(H,22,27)/t14-/m1/s1. The Labute approximate surface area is 174 Å². The summed E-state index contributed by atoms with van der Waals surface area (Å²) in [5.74, 6) is 0.763. The third kappa shape index (κ3) is 6.23. The summed E-state index contributed by atoms with van der Waals surface area (Å²) >= 11 is 0.981. The molecule has 2 heterocycles. The average molecular weight is 418 g/mol. The van der Waals surface area contributed by atoms with Crippen molar-refractivity contribution in [3.63, 3.8) is 0 Å². The van der Waals surface area contributed by atoms with Crippen LogP contribution in [0.25, 0.3) is 0 Å². The van der Waals surface area contributed by atoms with Crippen LogP contribution in [0.15, 0.2) is 24.3 Å². The van der Waals surface area contributed by atoms with Crippen molar-refractivity contribution < 1.29 is 14.3 Å². The fraction of sp³-hybridized carbons (Fsp3) is 0.500. The molecule has 2 aromatic rings. The van der Waals surface area contributed by atoms with Gasteiger partial charge in [0.05, 0.1) is 7.11 Å². The van der Waals surface area contributed by atoms with Crippen LogP contribution in [-0.4, -0.2) is 60.2 Å². The van der Waals surface area contributed by atoms with Crippen molar-refractivity contribution in [2.24, 2.45) is 5.92 Å². The molecule has 1 aromatic heterocycles. The Bertz CT molecular complexity index is 824. The van der Waals surface area contributed by atoms with E-state index in [0.29, 0.717) is 18.0 Å². The number of nitrogens with one attached hydrogen (secondary N) is 2. The van der Waals surface area contributed by atoms with Crippen molar-refractivity contribution in [3.8, 4) is 5.75 Å². The van der Waals surface area contributed by atoms with Crippen molar-refractivity contribution in [2.75, 3.05) is 38.6 Å². The fourth-order valence-corrected chi connectivity index (χ4v) is 3.99. The number of anilines is 1. The summed E-state index contributed by atoms with van der Waals surface area (Å²) < 4.78 is 5.09. The number of ether oxygens (including phenoxy) is 1. The Kier molecular flexibility index (Phi) is 7.54. The number of benzene rings is 1. The van der Waals surface area contributed by atoms with E-state index >= 15 is 0 Å². The van der Waals surface area contributed by atoms with E-state index < -0.39 is 5.91 Å². The van der Waals surface area contributed by atoms with Crippen LogP contribution in [0.3, 0.4) is 0 Å². The Morgan fingerprint density at radius 1 is 1.21 bits per heavy atom. The quantitative estimate of drug-likeness (QED) is 0.641. The van der Waals surface area contributed by atoms with Gasteiger partial charge in [-0.15, -0.1) is 10.2 Å². The third-order valence-corrected chi connectivity index (χ3v) is 5.76. The first kappa shape index (κ1) is 21.2. The number of carbonyl (C=O) groups excluding carboxylic acids is 2. The number of amides is 2. The molecule has 1 aromatic carbocycles. The number of aromatic nitrogens is 2. The molecule has 3 rings (SSSR count). The molecule has 0 spiro atoms. The predicted molar refractivity (Wildman–Crippen MR) is 113 cm³/mol. The van der Waals surface area contributed by atoms with Gasteiger partial charge in [0.2, 0.25) is 10.0 Å². The number of hydrogen-bond donors (Lipinski definition) is 2. The summed E-state index contributed by atoms with van der Waals surface area (Å²) in [6.07, 6.45) is 3.44. The van der Waals surface area contributed by atoms with Gasteiger partial charge in [-0.3, -0.25) is 9.59 Å². The minimum Gasteiger partial charge on any atom is -0.497 e. The van der Waals surface area contributed by atoms with Crippen LogP contribution in [0.4, 0.5) is 5.69 Å². The van der Waals surface area contributed by atoms with Gasteiger partial charge in [0.1, 0.15) is 5.75 Å². The summed E-state index contributed by atoms with van der Waals surface area (Å²) in [5.41, 5.74) is 0.615. The normalized spacial score (nSPS) is 17.0. The molecular formula is C20H27N5O3S. The molecule has 1 atom stereocenters. The predicted octanol–water partition coefficient (Wildman–Crippen LogP) is 2.65. The first-order chi connectivity index (χ1) is 14.0. The number of methoxy groups -OCH3 is 1. The van der Waals surface area contributed by atoms with Crippen LogP contribution in [-0.2, 0) is 0 Å². The molecule has 8 nitrogen and oxygen atoms in total. The fourth-order valence-electron chi connectivity index (χ4n) is 3.34. The highest BCUT2D eigenvalue weighted by atomic mass is 32.1. The Balaban J connectivity index is 1.43. The smallest absolute Gasteiger partial charge is 0.286 e. The van der Waals surface area contributed by atoms with Gasteiger partial charge in [0, 0.05) is 18.8 Å². The van der Waals surface area contributed by atoms with Gasteiger partial charge >= 0.3 is 0 Å². The zero-order valence-electron chi connectivity index (χ0n) is 16.8. The molecule has 1 fully saturated rings. The molecule has 1 saturated heterocycles. The van der Waals surface area contributed by atoms with Gasteiger partial charge in [-0.2, -0.15) is 0 Å². The topological polar surface area (TPSA) is 96.5 Å². The van der Waals surface area contributed by atoms with E-state index in [2.05, 4.69) is 32.7 Å². The monoisotopic (exact) mass is 417 g/mol. The number of carbonyl (C=O) groups is 2. The first-order valence-electron chi connectivity index (χ1n) is 9.84. The Hall–Kier alpha value is -2.52. The molecular weight excluding hydrogens is 390 g/mol. The van der Waals surface area contributed by atoms with Crippen LogP contribution in [0.5, 0.6) is 5.75 Å². The van der Waals surface area contributed by atoms with E-state index in [1.807, 2.05) is 0 Å². The first-order valence-corrected chi connectivity index (χ1v) is 10.7. The van der Waals surface area contributed by atoms with Crippen LogP contribution >= 0.6 is 11.3 Å². The van der Waals surface area contributed by atoms with Gasteiger partial charge in [0.25, 0.3) is 11.8 Å². The van der Waals surface area contributed by atoms with E-state index in [0.717, 1.165) is 43.3 Å². The van der Waals surface area contributed by atoms with E-state index in [1.165, 1.54) is 12.8 Å². The van der Waals surface area contributed by atoms with Gasteiger partial charge in [-0.25, -0.2) is 0 Å². The van der Waals surface area contributed by atoms with Gasteiger partial charge in [-0.1, -0.05) is 18.3 Å². The summed E-state index contributed by atoms with van der Waals surface area (Å²) in [7, 11) is 1.58. The second-order valence-electron chi connectivity index (χ2n) is 7.25. The molecule has 1 aliphatic rings. The molecule has 0 saturated carbocycles. The van der Waals surface area contributed by atoms with Crippen molar-refractivity contribution in [1.82, 2.24) is 20.4 Å². The Morgan fingerprint density at radius 3 is 2.62 bits per heavy atom. The molecule has 9 heteroatoms. The van der Waals surface area contributed by atoms with Crippen LogP contribution in [0, 0.1) is 5.92 Å². The van der Waals surface area contributed by atoms with E-state index in [9.17, 15) is 9.59 Å². The van der Waals surface area contributed by atoms with Crippen LogP contribution < -0.4 is 15.4 Å². The molecule has 0 bridgehead atoms. The molecule has 2 amide bonds. The molecule has 0 radical (unpaired) electrons. The highest BCUT2D eigenvalue weighted by Crippen LogP contribution is 2.17. The summed E-state index contributed by atoms with van der Waals surface area (Å²) in [5, 5.41) is 13.6. The van der Waals surface area contributed by atoms with Gasteiger partial charge in [-0.05, 0) is 62.5 Å². The summed E-state index contributed by atoms with van der Waals surface area (Å²) in [4.78, 5) is 27.0. The Morgan fingerprint density at radius 2 is 1.93 bits per heavy atom. The van der Waals surface area contributed by atoms with Gasteiger partial charge < -0.3 is 20.3 Å². The number of rotatable bonds is 8. The van der Waals surface area contributed by atoms with E-state index in [1.54, 1.807) is 31.4 Å². The molecule has 156 valence electrons. The minimum atomic E-state index is -0.397. The lowest BCUT2D eigenvalue weighted by molar-refractivity contribution is 0.0947. The van der Waals surface area contributed by atoms with Crippen LogP contribution in [0.2, 0.25) is 0 Å². The van der Waals surface area contributed by atoms with Crippen molar-refractivity contribution in [3.05, 3.63) is 34.3 Å². The second-order valence-corrected chi connectivity index (χ2v) is 8.23. The zero-order chi connectivity index (χ0) is 20.6. The molecule has 2 N–H and O–H groups in total. The number of nitrogens with zero attached hydrogens (tertiary/aromatic N) is 3. The maximum Gasteiger partial charge on any atom is 0.286 e. The highest BCUT2D eigenvalue weighted by Gasteiger charge is 2.18. The maximum absolute atomic E-state index is 12.3. The molecule has 29 heavy (non-hydrogen) atoms. The van der Waals surface area contributed by atoms with Gasteiger partial charge in [0.15, 0.2) is 0 Å². The molecule has 1 aliphatic heterocycles. The highest BCUT2D eigenvalue weighted by molar-refractivity contribution is 7.15. The molecule has 0 aliphatic carbocycles. The van der Waals surface area contributed by atoms with Crippen LogP contribution in [0.1, 0.15) is 45.8 Å². The lowest BCUT2D eigenvalue weighted by Gasteiger charge is -2.30. The summed E-state index contributed by atoms with van der Waals surface area (Å²) in [6, 6.07) is 6.96.